The second-order valence-corrected chi connectivity index (χ2v) is 17.4. The molecule has 0 radical (unpaired) electrons. The second kappa shape index (κ2) is 44.3. The highest BCUT2D eigenvalue weighted by atomic mass is 16.1. The summed E-state index contributed by atoms with van der Waals surface area (Å²) < 4.78 is 0. The van der Waals surface area contributed by atoms with Gasteiger partial charge in [0.05, 0.1) is 0 Å². The lowest BCUT2D eigenvalue weighted by atomic mass is 9.77. The zero-order valence-corrected chi connectivity index (χ0v) is 37.7. The maximum atomic E-state index is 13.9. The van der Waals surface area contributed by atoms with E-state index in [9.17, 15) is 4.79 Å². The molecule has 0 aliphatic rings. The van der Waals surface area contributed by atoms with Crippen LogP contribution in [0, 0.1) is 17.8 Å². The van der Waals surface area contributed by atoms with Crippen LogP contribution < -0.4 is 0 Å². The Hall–Kier alpha value is -1.37. The predicted octanol–water partition coefficient (Wildman–Crippen LogP) is 18.8. The summed E-state index contributed by atoms with van der Waals surface area (Å²) in [6.45, 7) is 11.5. The van der Waals surface area contributed by atoms with Crippen molar-refractivity contribution in [3.63, 3.8) is 0 Å². The molecule has 1 atom stereocenters. The van der Waals surface area contributed by atoms with Crippen molar-refractivity contribution in [2.45, 2.75) is 266 Å². The maximum absolute atomic E-state index is 13.9. The van der Waals surface area contributed by atoms with E-state index in [2.05, 4.69) is 83.2 Å². The van der Waals surface area contributed by atoms with Crippen LogP contribution in [0.1, 0.15) is 266 Å². The van der Waals surface area contributed by atoms with Crippen molar-refractivity contribution in [2.24, 2.45) is 17.8 Å². The summed E-state index contributed by atoms with van der Waals surface area (Å²) in [6.07, 6.45) is 65.0. The van der Waals surface area contributed by atoms with Gasteiger partial charge in [-0.3, -0.25) is 4.79 Å². The van der Waals surface area contributed by atoms with E-state index in [1.54, 1.807) is 0 Å². The zero-order chi connectivity index (χ0) is 39.4. The molecule has 1 heteroatoms. The van der Waals surface area contributed by atoms with Gasteiger partial charge in [-0.15, -0.1) is 0 Å². The molecule has 0 aliphatic carbocycles. The van der Waals surface area contributed by atoms with E-state index < -0.39 is 0 Å². The van der Waals surface area contributed by atoms with E-state index in [1.165, 1.54) is 199 Å². The molecule has 0 spiro atoms. The molecule has 0 fully saturated rings. The van der Waals surface area contributed by atoms with E-state index in [0.717, 1.165) is 38.0 Å². The van der Waals surface area contributed by atoms with Crippen molar-refractivity contribution >= 4 is 5.78 Å². The predicted molar refractivity (Wildman–Crippen MR) is 247 cm³/mol. The summed E-state index contributed by atoms with van der Waals surface area (Å²) in [5.41, 5.74) is 0. The van der Waals surface area contributed by atoms with Crippen LogP contribution in [0.15, 0.2) is 48.6 Å². The Labute approximate surface area is 341 Å². The normalized spacial score (nSPS) is 13.0. The Balaban J connectivity index is 4.73. The molecular weight excluding hydrogens is 653 g/mol. The van der Waals surface area contributed by atoms with Crippen molar-refractivity contribution in [1.82, 2.24) is 0 Å². The largest absolute Gasteiger partial charge is 0.299 e. The number of rotatable bonds is 43. The molecule has 0 saturated heterocycles. The molecule has 0 aliphatic heterocycles. The summed E-state index contributed by atoms with van der Waals surface area (Å²) in [5, 5.41) is 0. The highest BCUT2D eigenvalue weighted by Crippen LogP contribution is 2.32. The van der Waals surface area contributed by atoms with Gasteiger partial charge in [0, 0.05) is 12.3 Å². The van der Waals surface area contributed by atoms with Crippen LogP contribution in [0.4, 0.5) is 0 Å². The first kappa shape index (κ1) is 52.6. The average Bonchev–Trinajstić information content (AvgIpc) is 3.16. The first-order valence-electron chi connectivity index (χ1n) is 24.7. The van der Waals surface area contributed by atoms with E-state index in [0.29, 0.717) is 17.6 Å². The third-order valence-corrected chi connectivity index (χ3v) is 11.6. The fourth-order valence-electron chi connectivity index (χ4n) is 8.01. The third kappa shape index (κ3) is 38.9. The van der Waals surface area contributed by atoms with Gasteiger partial charge in [0.15, 0.2) is 0 Å². The smallest absolute Gasteiger partial charge is 0.136 e. The minimum Gasteiger partial charge on any atom is -0.299 e. The van der Waals surface area contributed by atoms with E-state index in [1.807, 2.05) is 0 Å². The number of carbonyl (C=O) groups excluding carboxylic acids is 1. The SMILES string of the molecule is CCCCC/C=C\C/C=C\CCCCCCCCC(CCCCCCCC/C=C\C/C=C\CCCCC)C(CCCC(C)C)C(=O)CCCCCCCC. The molecule has 54 heavy (non-hydrogen) atoms. The molecule has 0 aromatic rings. The Kier molecular flexibility index (Phi) is 43.2. The van der Waals surface area contributed by atoms with E-state index in [-0.39, 0.29) is 0 Å². The van der Waals surface area contributed by atoms with Crippen molar-refractivity contribution < 1.29 is 4.79 Å². The quantitative estimate of drug-likeness (QED) is 0.0448. The Bertz CT molecular complexity index is 810. The number of unbranched alkanes of at least 4 members (excludes halogenated alkanes) is 23. The topological polar surface area (TPSA) is 17.1 Å². The monoisotopic (exact) mass is 751 g/mol. The zero-order valence-electron chi connectivity index (χ0n) is 37.7. The summed E-state index contributed by atoms with van der Waals surface area (Å²) in [6, 6.07) is 0. The van der Waals surface area contributed by atoms with Gasteiger partial charge in [-0.05, 0) is 102 Å². The van der Waals surface area contributed by atoms with Crippen LogP contribution in [-0.4, -0.2) is 5.78 Å². The number of ketones is 1. The standard InChI is InChI=1S/C53H98O/c1-6-9-12-15-18-20-22-24-26-28-30-32-34-36-38-41-46-51(52(48-44-45-50(4)5)53(54)49-43-40-17-14-11-8-3)47-42-39-37-35-33-31-29-27-25-23-21-19-16-13-10-7-2/h18-21,24-27,50-52H,6-17,22-23,28-49H2,1-5H3/b20-18-,21-19-,26-24-,27-25-. The molecular formula is C53H98O. The van der Waals surface area contributed by atoms with Gasteiger partial charge in [0.1, 0.15) is 5.78 Å². The van der Waals surface area contributed by atoms with Gasteiger partial charge >= 0.3 is 0 Å². The van der Waals surface area contributed by atoms with Crippen LogP contribution in [0.5, 0.6) is 0 Å². The van der Waals surface area contributed by atoms with Crippen LogP contribution in [-0.2, 0) is 4.79 Å². The molecule has 0 aromatic heterocycles. The van der Waals surface area contributed by atoms with Gasteiger partial charge < -0.3 is 0 Å². The first-order valence-corrected chi connectivity index (χ1v) is 24.7. The third-order valence-electron chi connectivity index (χ3n) is 11.6. The lowest BCUT2D eigenvalue weighted by molar-refractivity contribution is -0.125. The van der Waals surface area contributed by atoms with Gasteiger partial charge in [-0.2, -0.15) is 0 Å². The Morgan fingerprint density at radius 1 is 0.370 bits per heavy atom. The fourth-order valence-corrected chi connectivity index (χ4v) is 8.01. The van der Waals surface area contributed by atoms with Crippen molar-refractivity contribution in [1.29, 1.82) is 0 Å². The molecule has 0 amide bonds. The minimum absolute atomic E-state index is 0.315. The van der Waals surface area contributed by atoms with Gasteiger partial charge in [0.25, 0.3) is 0 Å². The summed E-state index contributed by atoms with van der Waals surface area (Å²) in [5.74, 6) is 2.29. The molecule has 0 rings (SSSR count). The summed E-state index contributed by atoms with van der Waals surface area (Å²) >= 11 is 0. The number of hydrogen-bond acceptors (Lipinski definition) is 1. The molecule has 1 unspecified atom stereocenters. The Morgan fingerprint density at radius 3 is 1.15 bits per heavy atom. The first-order chi connectivity index (χ1) is 26.6. The average molecular weight is 751 g/mol. The number of Topliss-reactive ketones (excluding diaryl/α,β-unsaturated/α-hetero) is 1. The van der Waals surface area contributed by atoms with Crippen LogP contribution in [0.25, 0.3) is 0 Å². The summed E-state index contributed by atoms with van der Waals surface area (Å²) in [4.78, 5) is 13.9. The number of allylic oxidation sites excluding steroid dienone is 8. The maximum Gasteiger partial charge on any atom is 0.136 e. The van der Waals surface area contributed by atoms with Gasteiger partial charge in [0.2, 0.25) is 0 Å². The number of carbonyl (C=O) groups is 1. The lowest BCUT2D eigenvalue weighted by Gasteiger charge is -2.27. The molecule has 0 aromatic carbocycles. The molecule has 0 heterocycles. The molecule has 0 saturated carbocycles. The van der Waals surface area contributed by atoms with Crippen LogP contribution >= 0.6 is 0 Å². The highest BCUT2D eigenvalue weighted by Gasteiger charge is 2.27. The Morgan fingerprint density at radius 2 is 0.722 bits per heavy atom. The van der Waals surface area contributed by atoms with Crippen LogP contribution in [0.2, 0.25) is 0 Å². The molecule has 316 valence electrons. The van der Waals surface area contributed by atoms with E-state index >= 15 is 0 Å². The molecule has 0 N–H and O–H groups in total. The van der Waals surface area contributed by atoms with Gasteiger partial charge in [-0.1, -0.05) is 218 Å². The van der Waals surface area contributed by atoms with E-state index in [4.69, 9.17) is 0 Å². The second-order valence-electron chi connectivity index (χ2n) is 17.4. The number of hydrogen-bond donors (Lipinski definition) is 0. The fraction of sp³-hybridized carbons (Fsp3) is 0.830. The molecule has 1 nitrogen and oxygen atoms in total. The molecule has 0 bridgehead atoms. The van der Waals surface area contributed by atoms with Gasteiger partial charge in [-0.25, -0.2) is 0 Å². The van der Waals surface area contributed by atoms with Crippen LogP contribution in [0.3, 0.4) is 0 Å². The van der Waals surface area contributed by atoms with Crippen molar-refractivity contribution in [3.05, 3.63) is 48.6 Å². The van der Waals surface area contributed by atoms with Crippen molar-refractivity contribution in [2.75, 3.05) is 0 Å². The summed E-state index contributed by atoms with van der Waals surface area (Å²) in [7, 11) is 0. The van der Waals surface area contributed by atoms with Crippen molar-refractivity contribution in [3.8, 4) is 0 Å². The lowest BCUT2D eigenvalue weighted by Crippen LogP contribution is -2.24. The highest BCUT2D eigenvalue weighted by molar-refractivity contribution is 5.81. The minimum atomic E-state index is 0.315.